The minimum Gasteiger partial charge on any atom is -0.353 e. The van der Waals surface area contributed by atoms with E-state index in [1.807, 2.05) is 38.1 Å². The highest BCUT2D eigenvalue weighted by molar-refractivity contribution is 5.97. The van der Waals surface area contributed by atoms with Crippen molar-refractivity contribution in [3.63, 3.8) is 0 Å². The first-order chi connectivity index (χ1) is 9.79. The molecule has 0 bridgehead atoms. The molecule has 4 heteroatoms. The predicted octanol–water partition coefficient (Wildman–Crippen LogP) is 2.45. The van der Waals surface area contributed by atoms with Crippen LogP contribution in [0.3, 0.4) is 0 Å². The molecule has 0 saturated carbocycles. The van der Waals surface area contributed by atoms with Gasteiger partial charge in [0.15, 0.2) is 5.78 Å². The summed E-state index contributed by atoms with van der Waals surface area (Å²) < 4.78 is 0. The number of ketones is 1. The van der Waals surface area contributed by atoms with Crippen molar-refractivity contribution in [1.82, 2.24) is 10.2 Å². The van der Waals surface area contributed by atoms with Crippen molar-refractivity contribution >= 4 is 11.7 Å². The van der Waals surface area contributed by atoms with Crippen molar-refractivity contribution in [2.24, 2.45) is 0 Å². The van der Waals surface area contributed by atoms with E-state index in [1.165, 1.54) is 5.56 Å². The van der Waals surface area contributed by atoms with Crippen LogP contribution in [-0.4, -0.2) is 42.8 Å². The van der Waals surface area contributed by atoms with Gasteiger partial charge in [0.1, 0.15) is 0 Å². The van der Waals surface area contributed by atoms with Crippen molar-refractivity contribution in [1.29, 1.82) is 0 Å². The lowest BCUT2D eigenvalue weighted by atomic mass is 10.0. The molecule has 0 aliphatic heterocycles. The Kier molecular flexibility index (Phi) is 6.56. The van der Waals surface area contributed by atoms with Crippen molar-refractivity contribution in [3.05, 3.63) is 35.4 Å². The highest BCUT2D eigenvalue weighted by Gasteiger charge is 2.13. The number of amides is 1. The molecule has 0 aliphatic carbocycles. The zero-order chi connectivity index (χ0) is 16.0. The topological polar surface area (TPSA) is 49.4 Å². The fourth-order valence-electron chi connectivity index (χ4n) is 2.06. The van der Waals surface area contributed by atoms with Gasteiger partial charge in [-0.1, -0.05) is 38.1 Å². The number of hydrogen-bond donors (Lipinski definition) is 1. The van der Waals surface area contributed by atoms with Gasteiger partial charge in [0, 0.05) is 11.6 Å². The SMILES string of the molecule is CC(C)NC(=O)CN(C)CC(=O)c1ccc(C(C)C)cc1. The zero-order valence-corrected chi connectivity index (χ0v) is 13.6. The lowest BCUT2D eigenvalue weighted by molar-refractivity contribution is -0.122. The summed E-state index contributed by atoms with van der Waals surface area (Å²) in [5, 5.41) is 2.81. The number of rotatable bonds is 7. The Bertz CT molecular complexity index is 478. The molecule has 1 amide bonds. The Morgan fingerprint density at radius 1 is 1.05 bits per heavy atom. The molecule has 21 heavy (non-hydrogen) atoms. The third-order valence-electron chi connectivity index (χ3n) is 3.18. The molecule has 4 nitrogen and oxygen atoms in total. The van der Waals surface area contributed by atoms with Gasteiger partial charge >= 0.3 is 0 Å². The Morgan fingerprint density at radius 3 is 2.10 bits per heavy atom. The van der Waals surface area contributed by atoms with Gasteiger partial charge in [-0.25, -0.2) is 0 Å². The van der Waals surface area contributed by atoms with Crippen LogP contribution in [0.15, 0.2) is 24.3 Å². The second-order valence-electron chi connectivity index (χ2n) is 6.09. The van der Waals surface area contributed by atoms with Gasteiger partial charge in [-0.2, -0.15) is 0 Å². The largest absolute Gasteiger partial charge is 0.353 e. The van der Waals surface area contributed by atoms with Crippen LogP contribution in [0.4, 0.5) is 0 Å². The molecular weight excluding hydrogens is 264 g/mol. The minimum absolute atomic E-state index is 0.0325. The van der Waals surface area contributed by atoms with Crippen molar-refractivity contribution in [2.75, 3.05) is 20.1 Å². The Labute approximate surface area is 127 Å². The van der Waals surface area contributed by atoms with E-state index in [9.17, 15) is 9.59 Å². The first-order valence-corrected chi connectivity index (χ1v) is 7.40. The van der Waals surface area contributed by atoms with Crippen LogP contribution < -0.4 is 5.32 Å². The van der Waals surface area contributed by atoms with Crippen molar-refractivity contribution in [2.45, 2.75) is 39.7 Å². The minimum atomic E-state index is -0.0598. The Balaban J connectivity index is 2.54. The number of benzene rings is 1. The molecule has 0 spiro atoms. The van der Waals surface area contributed by atoms with Gasteiger partial charge in [-0.3, -0.25) is 14.5 Å². The molecule has 1 aromatic carbocycles. The van der Waals surface area contributed by atoms with Gasteiger partial charge in [-0.15, -0.1) is 0 Å². The summed E-state index contributed by atoms with van der Waals surface area (Å²) in [7, 11) is 1.78. The van der Waals surface area contributed by atoms with Crippen LogP contribution in [0.25, 0.3) is 0 Å². The number of nitrogens with zero attached hydrogens (tertiary/aromatic N) is 1. The molecule has 1 aromatic rings. The predicted molar refractivity (Wildman–Crippen MR) is 85.6 cm³/mol. The standard InChI is InChI=1S/C17H26N2O2/c1-12(2)14-6-8-15(9-7-14)16(20)10-19(5)11-17(21)18-13(3)4/h6-9,12-13H,10-11H2,1-5H3,(H,18,21). The first kappa shape index (κ1) is 17.4. The monoisotopic (exact) mass is 290 g/mol. The smallest absolute Gasteiger partial charge is 0.234 e. The molecule has 116 valence electrons. The molecule has 0 radical (unpaired) electrons. The molecule has 1 N–H and O–H groups in total. The van der Waals surface area contributed by atoms with Gasteiger partial charge in [0.25, 0.3) is 0 Å². The summed E-state index contributed by atoms with van der Waals surface area (Å²) in [5.74, 6) is 0.428. The van der Waals surface area contributed by atoms with Crippen LogP contribution >= 0.6 is 0 Å². The normalized spacial score (nSPS) is 11.2. The van der Waals surface area contributed by atoms with E-state index in [2.05, 4.69) is 19.2 Å². The third kappa shape index (κ3) is 6.08. The Hall–Kier alpha value is -1.68. The summed E-state index contributed by atoms with van der Waals surface area (Å²) in [6.07, 6.45) is 0. The first-order valence-electron chi connectivity index (χ1n) is 7.40. The maximum absolute atomic E-state index is 12.2. The fourth-order valence-corrected chi connectivity index (χ4v) is 2.06. The van der Waals surface area contributed by atoms with E-state index in [0.29, 0.717) is 11.5 Å². The lowest BCUT2D eigenvalue weighted by Crippen LogP contribution is -2.40. The van der Waals surface area contributed by atoms with Crippen molar-refractivity contribution < 1.29 is 9.59 Å². The Morgan fingerprint density at radius 2 is 1.62 bits per heavy atom. The summed E-state index contributed by atoms with van der Waals surface area (Å²) in [6, 6.07) is 7.82. The maximum atomic E-state index is 12.2. The van der Waals surface area contributed by atoms with E-state index in [4.69, 9.17) is 0 Å². The van der Waals surface area contributed by atoms with E-state index in [0.717, 1.165) is 0 Å². The van der Waals surface area contributed by atoms with Gasteiger partial charge in [-0.05, 0) is 32.4 Å². The lowest BCUT2D eigenvalue weighted by Gasteiger charge is -2.17. The van der Waals surface area contributed by atoms with E-state index < -0.39 is 0 Å². The van der Waals surface area contributed by atoms with Gasteiger partial charge < -0.3 is 5.32 Å². The van der Waals surface area contributed by atoms with Gasteiger partial charge in [0.05, 0.1) is 13.1 Å². The quantitative estimate of drug-likeness (QED) is 0.785. The average Bonchev–Trinajstić information content (AvgIpc) is 2.37. The molecular formula is C17H26N2O2. The molecule has 0 heterocycles. The van der Waals surface area contributed by atoms with Gasteiger partial charge in [0.2, 0.25) is 5.91 Å². The van der Waals surface area contributed by atoms with E-state index >= 15 is 0 Å². The van der Waals surface area contributed by atoms with E-state index in [-0.39, 0.29) is 30.8 Å². The summed E-state index contributed by atoms with van der Waals surface area (Å²) in [4.78, 5) is 25.5. The number of Topliss-reactive ketones (excluding diaryl/α,β-unsaturated/α-hetero) is 1. The summed E-state index contributed by atoms with van der Waals surface area (Å²) >= 11 is 0. The molecule has 1 rings (SSSR count). The number of carbonyl (C=O) groups excluding carboxylic acids is 2. The second kappa shape index (κ2) is 7.93. The van der Waals surface area contributed by atoms with Crippen LogP contribution in [0.1, 0.15) is 49.5 Å². The van der Waals surface area contributed by atoms with Crippen LogP contribution in [0.5, 0.6) is 0 Å². The molecule has 0 fully saturated rings. The molecule has 0 unspecified atom stereocenters. The van der Waals surface area contributed by atoms with Crippen LogP contribution in [-0.2, 0) is 4.79 Å². The average molecular weight is 290 g/mol. The molecule has 0 aromatic heterocycles. The number of carbonyl (C=O) groups is 2. The second-order valence-corrected chi connectivity index (χ2v) is 6.09. The number of hydrogen-bond acceptors (Lipinski definition) is 3. The molecule has 0 atom stereocenters. The maximum Gasteiger partial charge on any atom is 0.234 e. The zero-order valence-electron chi connectivity index (χ0n) is 13.6. The van der Waals surface area contributed by atoms with Crippen LogP contribution in [0.2, 0.25) is 0 Å². The highest BCUT2D eigenvalue weighted by Crippen LogP contribution is 2.15. The highest BCUT2D eigenvalue weighted by atomic mass is 16.2. The molecule has 0 saturated heterocycles. The van der Waals surface area contributed by atoms with Crippen molar-refractivity contribution in [3.8, 4) is 0 Å². The fraction of sp³-hybridized carbons (Fsp3) is 0.529. The van der Waals surface area contributed by atoms with E-state index in [1.54, 1.807) is 11.9 Å². The summed E-state index contributed by atoms with van der Waals surface area (Å²) in [5.41, 5.74) is 1.91. The molecule has 0 aliphatic rings. The number of nitrogens with one attached hydrogen (secondary N) is 1. The summed E-state index contributed by atoms with van der Waals surface area (Å²) in [6.45, 7) is 8.55. The number of likely N-dealkylation sites (N-methyl/N-ethyl adjacent to an activating group) is 1. The third-order valence-corrected chi connectivity index (χ3v) is 3.18. The van der Waals surface area contributed by atoms with Crippen LogP contribution in [0, 0.1) is 0 Å².